The van der Waals surface area contributed by atoms with Crippen LogP contribution in [0.1, 0.15) is 23.5 Å². The Morgan fingerprint density at radius 2 is 1.95 bits per heavy atom. The van der Waals surface area contributed by atoms with Crippen LogP contribution in [-0.2, 0) is 13.1 Å². The highest BCUT2D eigenvalue weighted by atomic mass is 35.5. The summed E-state index contributed by atoms with van der Waals surface area (Å²) in [5.74, 6) is 1.01. The molecule has 0 radical (unpaired) electrons. The molecule has 1 heterocycles. The van der Waals surface area contributed by atoms with E-state index in [1.54, 1.807) is 18.2 Å². The third-order valence-electron chi connectivity index (χ3n) is 3.17. The molecule has 0 amide bonds. The standard InChI is InChI=1S/C16H16Cl2N2O2/c17-15-5-2-12(8-16(15)18)10-20(6-1-7-21)11-14-4-3-13(9-19)22-14/h2-5,8,21H,1,6-7,10-11H2. The van der Waals surface area contributed by atoms with E-state index < -0.39 is 0 Å². The Kier molecular flexibility index (Phi) is 6.29. The molecule has 1 aromatic heterocycles. The first-order valence-corrected chi connectivity index (χ1v) is 7.64. The smallest absolute Gasteiger partial charge is 0.203 e. The van der Waals surface area contributed by atoms with Gasteiger partial charge in [-0.05, 0) is 36.2 Å². The summed E-state index contributed by atoms with van der Waals surface area (Å²) in [7, 11) is 0. The second-order valence-corrected chi connectivity index (χ2v) is 5.73. The summed E-state index contributed by atoms with van der Waals surface area (Å²) in [4.78, 5) is 2.12. The van der Waals surface area contributed by atoms with Gasteiger partial charge in [0.15, 0.2) is 0 Å². The van der Waals surface area contributed by atoms with E-state index in [1.807, 2.05) is 18.2 Å². The predicted molar refractivity (Wildman–Crippen MR) is 85.7 cm³/mol. The van der Waals surface area contributed by atoms with Gasteiger partial charge in [0, 0.05) is 19.7 Å². The van der Waals surface area contributed by atoms with Crippen LogP contribution in [0.3, 0.4) is 0 Å². The molecule has 2 aromatic rings. The van der Waals surface area contributed by atoms with Gasteiger partial charge >= 0.3 is 0 Å². The first-order chi connectivity index (χ1) is 10.6. The molecule has 6 heteroatoms. The topological polar surface area (TPSA) is 60.4 Å². The second kappa shape index (κ2) is 8.21. The molecule has 0 saturated carbocycles. The van der Waals surface area contributed by atoms with Crippen molar-refractivity contribution >= 4 is 23.2 Å². The van der Waals surface area contributed by atoms with Crippen molar-refractivity contribution in [1.29, 1.82) is 5.26 Å². The molecule has 0 atom stereocenters. The number of halogens is 2. The minimum Gasteiger partial charge on any atom is -0.449 e. The third kappa shape index (κ3) is 4.75. The molecule has 1 N–H and O–H groups in total. The van der Waals surface area contributed by atoms with Gasteiger partial charge in [-0.15, -0.1) is 0 Å². The second-order valence-electron chi connectivity index (χ2n) is 4.91. The predicted octanol–water partition coefficient (Wildman–Crippen LogP) is 3.84. The van der Waals surface area contributed by atoms with E-state index in [0.29, 0.717) is 41.9 Å². The summed E-state index contributed by atoms with van der Waals surface area (Å²) in [5.41, 5.74) is 1.03. The number of aliphatic hydroxyl groups excluding tert-OH is 1. The molecule has 0 unspecified atom stereocenters. The molecule has 0 bridgehead atoms. The largest absolute Gasteiger partial charge is 0.449 e. The van der Waals surface area contributed by atoms with Gasteiger partial charge in [-0.2, -0.15) is 5.26 Å². The van der Waals surface area contributed by atoms with Gasteiger partial charge in [-0.25, -0.2) is 0 Å². The van der Waals surface area contributed by atoms with Gasteiger partial charge in [0.2, 0.25) is 5.76 Å². The molecule has 22 heavy (non-hydrogen) atoms. The quantitative estimate of drug-likeness (QED) is 0.833. The van der Waals surface area contributed by atoms with Crippen LogP contribution < -0.4 is 0 Å². The summed E-state index contributed by atoms with van der Waals surface area (Å²) in [6.45, 7) is 2.04. The fraction of sp³-hybridized carbons (Fsp3) is 0.312. The lowest BCUT2D eigenvalue weighted by molar-refractivity contribution is 0.201. The van der Waals surface area contributed by atoms with Crippen molar-refractivity contribution in [1.82, 2.24) is 4.90 Å². The Balaban J connectivity index is 2.07. The van der Waals surface area contributed by atoms with Crippen LogP contribution in [0.15, 0.2) is 34.7 Å². The van der Waals surface area contributed by atoms with Crippen LogP contribution >= 0.6 is 23.2 Å². The average Bonchev–Trinajstić information content (AvgIpc) is 2.96. The number of hydrogen-bond acceptors (Lipinski definition) is 4. The maximum Gasteiger partial charge on any atom is 0.203 e. The Hall–Kier alpha value is -1.51. The van der Waals surface area contributed by atoms with Crippen molar-refractivity contribution in [2.24, 2.45) is 0 Å². The average molecular weight is 339 g/mol. The van der Waals surface area contributed by atoms with Crippen LogP contribution in [0, 0.1) is 11.3 Å². The Morgan fingerprint density at radius 3 is 2.59 bits per heavy atom. The molecule has 0 spiro atoms. The lowest BCUT2D eigenvalue weighted by Gasteiger charge is -2.21. The lowest BCUT2D eigenvalue weighted by Crippen LogP contribution is -2.24. The third-order valence-corrected chi connectivity index (χ3v) is 3.91. The van der Waals surface area contributed by atoms with Crippen LogP contribution in [-0.4, -0.2) is 23.2 Å². The fourth-order valence-corrected chi connectivity index (χ4v) is 2.47. The molecular formula is C16H16Cl2N2O2. The highest BCUT2D eigenvalue weighted by Gasteiger charge is 2.11. The van der Waals surface area contributed by atoms with Gasteiger partial charge in [0.1, 0.15) is 11.8 Å². The monoisotopic (exact) mass is 338 g/mol. The van der Waals surface area contributed by atoms with E-state index >= 15 is 0 Å². The summed E-state index contributed by atoms with van der Waals surface area (Å²) >= 11 is 12.0. The summed E-state index contributed by atoms with van der Waals surface area (Å²) in [6, 6.07) is 10.9. The maximum absolute atomic E-state index is 9.04. The van der Waals surface area contributed by atoms with E-state index in [0.717, 1.165) is 11.3 Å². The molecule has 116 valence electrons. The van der Waals surface area contributed by atoms with Crippen molar-refractivity contribution < 1.29 is 9.52 Å². The van der Waals surface area contributed by atoms with Gasteiger partial charge in [0.05, 0.1) is 16.6 Å². The van der Waals surface area contributed by atoms with Gasteiger partial charge < -0.3 is 9.52 Å². The molecule has 2 rings (SSSR count). The molecule has 4 nitrogen and oxygen atoms in total. The Bertz CT molecular complexity index is 664. The lowest BCUT2D eigenvalue weighted by atomic mass is 10.2. The van der Waals surface area contributed by atoms with E-state index in [2.05, 4.69) is 4.90 Å². The number of nitrogens with zero attached hydrogens (tertiary/aromatic N) is 2. The Labute approximate surface area is 139 Å². The van der Waals surface area contributed by atoms with Crippen LogP contribution in [0.4, 0.5) is 0 Å². The number of nitriles is 1. The van der Waals surface area contributed by atoms with Gasteiger partial charge in [-0.1, -0.05) is 29.3 Å². The number of benzene rings is 1. The number of rotatable bonds is 7. The first-order valence-electron chi connectivity index (χ1n) is 6.88. The normalized spacial score (nSPS) is 10.9. The SMILES string of the molecule is N#Cc1ccc(CN(CCCO)Cc2ccc(Cl)c(Cl)c2)o1. The molecule has 0 fully saturated rings. The first kappa shape index (κ1) is 16.9. The Morgan fingerprint density at radius 1 is 1.14 bits per heavy atom. The fourth-order valence-electron chi connectivity index (χ4n) is 2.15. The van der Waals surface area contributed by atoms with Crippen molar-refractivity contribution in [3.05, 3.63) is 57.5 Å². The highest BCUT2D eigenvalue weighted by molar-refractivity contribution is 6.42. The number of hydrogen-bond donors (Lipinski definition) is 1. The van der Waals surface area contributed by atoms with Crippen molar-refractivity contribution in [3.63, 3.8) is 0 Å². The minimum absolute atomic E-state index is 0.124. The molecule has 0 saturated heterocycles. The molecular weight excluding hydrogens is 323 g/mol. The van der Waals surface area contributed by atoms with Crippen LogP contribution in [0.25, 0.3) is 0 Å². The van der Waals surface area contributed by atoms with Gasteiger partial charge in [0.25, 0.3) is 0 Å². The number of furan rings is 1. The molecule has 0 aliphatic heterocycles. The molecule has 0 aliphatic carbocycles. The van der Waals surface area contributed by atoms with E-state index in [-0.39, 0.29) is 6.61 Å². The van der Waals surface area contributed by atoms with Crippen molar-refractivity contribution in [3.8, 4) is 6.07 Å². The van der Waals surface area contributed by atoms with Crippen LogP contribution in [0.2, 0.25) is 10.0 Å². The highest BCUT2D eigenvalue weighted by Crippen LogP contribution is 2.23. The molecule has 0 aliphatic rings. The van der Waals surface area contributed by atoms with Crippen molar-refractivity contribution in [2.45, 2.75) is 19.5 Å². The van der Waals surface area contributed by atoms with Crippen molar-refractivity contribution in [2.75, 3.05) is 13.2 Å². The molecule has 1 aromatic carbocycles. The summed E-state index contributed by atoms with van der Waals surface area (Å²) in [6.07, 6.45) is 0.660. The zero-order chi connectivity index (χ0) is 15.9. The zero-order valence-electron chi connectivity index (χ0n) is 11.9. The minimum atomic E-state index is 0.124. The van der Waals surface area contributed by atoms with Crippen LogP contribution in [0.5, 0.6) is 0 Å². The number of aliphatic hydroxyl groups is 1. The van der Waals surface area contributed by atoms with E-state index in [4.69, 9.17) is 38.0 Å². The van der Waals surface area contributed by atoms with E-state index in [9.17, 15) is 0 Å². The van der Waals surface area contributed by atoms with E-state index in [1.165, 1.54) is 0 Å². The maximum atomic E-state index is 9.04. The zero-order valence-corrected chi connectivity index (χ0v) is 13.4. The summed E-state index contributed by atoms with van der Waals surface area (Å²) in [5, 5.41) is 18.9. The van der Waals surface area contributed by atoms with Gasteiger partial charge in [-0.3, -0.25) is 4.90 Å². The summed E-state index contributed by atoms with van der Waals surface area (Å²) < 4.78 is 5.41.